The van der Waals surface area contributed by atoms with Crippen LogP contribution in [0.3, 0.4) is 0 Å². The van der Waals surface area contributed by atoms with E-state index >= 15 is 0 Å². The molecule has 2 heterocycles. The summed E-state index contributed by atoms with van der Waals surface area (Å²) in [5.41, 5.74) is 0.662. The zero-order valence-corrected chi connectivity index (χ0v) is 13.6. The van der Waals surface area contributed by atoms with Gasteiger partial charge in [-0.1, -0.05) is 18.2 Å². The lowest BCUT2D eigenvalue weighted by atomic mass is 10.0. The minimum absolute atomic E-state index is 0.0692. The number of carbonyl (C=O) groups excluding carboxylic acids is 2. The molecule has 1 fully saturated rings. The van der Waals surface area contributed by atoms with Crippen molar-refractivity contribution in [2.24, 2.45) is 7.05 Å². The Morgan fingerprint density at radius 2 is 2.04 bits per heavy atom. The van der Waals surface area contributed by atoms with Gasteiger partial charge in [-0.15, -0.1) is 0 Å². The second-order valence-electron chi connectivity index (χ2n) is 6.06. The van der Waals surface area contributed by atoms with Gasteiger partial charge in [-0.05, 0) is 13.0 Å². The molecule has 122 valence electrons. The average Bonchev–Trinajstić information content (AvgIpc) is 2.91. The molecule has 2 aromatic rings. The summed E-state index contributed by atoms with van der Waals surface area (Å²) in [6.45, 7) is 2.79. The maximum absolute atomic E-state index is 13.0. The second-order valence-corrected chi connectivity index (χ2v) is 6.06. The molecular weight excluding hydrogens is 294 g/mol. The normalized spacial score (nSPS) is 21.4. The molecule has 3 rings (SSSR count). The molecule has 1 N–H and O–H groups in total. The van der Waals surface area contributed by atoms with Crippen molar-refractivity contribution in [1.82, 2.24) is 14.8 Å². The Morgan fingerprint density at radius 1 is 1.30 bits per heavy atom. The maximum atomic E-state index is 13.0. The lowest BCUT2D eigenvalue weighted by Gasteiger charge is -2.39. The molecule has 0 saturated carbocycles. The van der Waals surface area contributed by atoms with Crippen molar-refractivity contribution in [3.63, 3.8) is 0 Å². The fraction of sp³-hybridized carbons (Fsp3) is 0.412. The highest BCUT2D eigenvalue weighted by Gasteiger charge is 2.40. The number of aryl methyl sites for hydroxylation is 1. The van der Waals surface area contributed by atoms with Crippen molar-refractivity contribution in [2.45, 2.75) is 12.5 Å². The first-order valence-electron chi connectivity index (χ1n) is 7.66. The van der Waals surface area contributed by atoms with Crippen LogP contribution in [0.4, 0.5) is 0 Å². The van der Waals surface area contributed by atoms with E-state index in [2.05, 4.69) is 5.32 Å². The highest BCUT2D eigenvalue weighted by Crippen LogP contribution is 2.24. The fourth-order valence-corrected chi connectivity index (χ4v) is 3.13. The van der Waals surface area contributed by atoms with Gasteiger partial charge in [0.2, 0.25) is 0 Å². The molecule has 2 amide bonds. The third-order valence-electron chi connectivity index (χ3n) is 4.40. The van der Waals surface area contributed by atoms with Gasteiger partial charge in [-0.2, -0.15) is 0 Å². The number of amides is 2. The molecule has 1 aromatic heterocycles. The predicted molar refractivity (Wildman–Crippen MR) is 87.2 cm³/mol. The van der Waals surface area contributed by atoms with E-state index in [1.165, 1.54) is 0 Å². The third kappa shape index (κ3) is 2.59. The maximum Gasteiger partial charge on any atom is 0.256 e. The molecule has 0 unspecified atom stereocenters. The second kappa shape index (κ2) is 5.70. The molecular formula is C17H21N3O3. The highest BCUT2D eigenvalue weighted by atomic mass is 16.5. The van der Waals surface area contributed by atoms with E-state index < -0.39 is 5.60 Å². The number of nitrogens with one attached hydrogen (secondary N) is 1. The van der Waals surface area contributed by atoms with E-state index in [-0.39, 0.29) is 18.4 Å². The Hall–Kier alpha value is -2.34. The van der Waals surface area contributed by atoms with Gasteiger partial charge in [0.25, 0.3) is 11.8 Å². The van der Waals surface area contributed by atoms with Gasteiger partial charge in [-0.3, -0.25) is 9.59 Å². The largest absolute Gasteiger partial charge is 0.362 e. The lowest BCUT2D eigenvalue weighted by Crippen LogP contribution is -2.58. The molecule has 6 heteroatoms. The van der Waals surface area contributed by atoms with E-state index in [0.29, 0.717) is 18.7 Å². The van der Waals surface area contributed by atoms with Crippen molar-refractivity contribution in [2.75, 3.05) is 26.7 Å². The van der Waals surface area contributed by atoms with Crippen LogP contribution in [0.25, 0.3) is 10.9 Å². The molecule has 0 bridgehead atoms. The summed E-state index contributed by atoms with van der Waals surface area (Å²) in [4.78, 5) is 26.7. The quantitative estimate of drug-likeness (QED) is 0.904. The highest BCUT2D eigenvalue weighted by molar-refractivity contribution is 6.07. The first kappa shape index (κ1) is 15.6. The van der Waals surface area contributed by atoms with Crippen LogP contribution >= 0.6 is 0 Å². The van der Waals surface area contributed by atoms with Crippen molar-refractivity contribution < 1.29 is 14.3 Å². The predicted octanol–water partition coefficient (Wildman–Crippen LogP) is 1.16. The molecule has 6 nitrogen and oxygen atoms in total. The smallest absolute Gasteiger partial charge is 0.256 e. The number of likely N-dealkylation sites (N-methyl/N-ethyl adjacent to an activating group) is 1. The number of para-hydroxylation sites is 1. The number of ether oxygens (including phenoxy) is 1. The van der Waals surface area contributed by atoms with Crippen LogP contribution in [0.15, 0.2) is 30.5 Å². The molecule has 1 aliphatic rings. The monoisotopic (exact) mass is 315 g/mol. The summed E-state index contributed by atoms with van der Waals surface area (Å²) in [5.74, 6) is -0.284. The first-order valence-corrected chi connectivity index (χ1v) is 7.66. The van der Waals surface area contributed by atoms with Gasteiger partial charge in [0.15, 0.2) is 5.60 Å². The Balaban J connectivity index is 1.92. The average molecular weight is 315 g/mol. The molecule has 1 saturated heterocycles. The topological polar surface area (TPSA) is 63.6 Å². The first-order chi connectivity index (χ1) is 11.0. The van der Waals surface area contributed by atoms with Crippen molar-refractivity contribution in [1.29, 1.82) is 0 Å². The van der Waals surface area contributed by atoms with E-state index in [1.54, 1.807) is 18.9 Å². The van der Waals surface area contributed by atoms with Crippen LogP contribution in [0.2, 0.25) is 0 Å². The minimum Gasteiger partial charge on any atom is -0.362 e. The number of morpholine rings is 1. The van der Waals surface area contributed by atoms with E-state index in [1.807, 2.05) is 42.1 Å². The Kier molecular flexibility index (Phi) is 3.85. The van der Waals surface area contributed by atoms with Gasteiger partial charge in [0, 0.05) is 37.7 Å². The SMILES string of the molecule is CNC(=O)[C@@]1(C)CN(C(=O)c2cn(C)c3ccccc23)CCO1. The van der Waals surface area contributed by atoms with Crippen molar-refractivity contribution in [3.8, 4) is 0 Å². The Labute approximate surface area is 135 Å². The van der Waals surface area contributed by atoms with Crippen LogP contribution in [0.1, 0.15) is 17.3 Å². The molecule has 1 aromatic carbocycles. The van der Waals surface area contributed by atoms with E-state index in [0.717, 1.165) is 10.9 Å². The number of hydrogen-bond donors (Lipinski definition) is 1. The van der Waals surface area contributed by atoms with E-state index in [4.69, 9.17) is 4.74 Å². The van der Waals surface area contributed by atoms with Crippen LogP contribution < -0.4 is 5.32 Å². The molecule has 0 spiro atoms. The molecule has 1 aliphatic heterocycles. The summed E-state index contributed by atoms with van der Waals surface area (Å²) in [5, 5.41) is 3.53. The molecule has 0 radical (unpaired) electrons. The summed E-state index contributed by atoms with van der Waals surface area (Å²) >= 11 is 0. The van der Waals surface area contributed by atoms with Crippen LogP contribution in [0, 0.1) is 0 Å². The summed E-state index contributed by atoms with van der Waals surface area (Å²) in [6, 6.07) is 7.81. The van der Waals surface area contributed by atoms with Gasteiger partial charge in [0.1, 0.15) is 0 Å². The standard InChI is InChI=1S/C17H21N3O3/c1-17(16(22)18-2)11-20(8-9-23-17)15(21)13-10-19(3)14-7-5-4-6-12(13)14/h4-7,10H,8-9,11H2,1-3H3,(H,18,22)/t17-/m1/s1. The molecule has 23 heavy (non-hydrogen) atoms. The minimum atomic E-state index is -1.01. The number of aromatic nitrogens is 1. The molecule has 1 atom stereocenters. The van der Waals surface area contributed by atoms with Crippen molar-refractivity contribution in [3.05, 3.63) is 36.0 Å². The van der Waals surface area contributed by atoms with Crippen LogP contribution in [-0.4, -0.2) is 53.6 Å². The van der Waals surface area contributed by atoms with Gasteiger partial charge >= 0.3 is 0 Å². The third-order valence-corrected chi connectivity index (χ3v) is 4.40. The Bertz CT molecular complexity index is 768. The summed E-state index contributed by atoms with van der Waals surface area (Å²) in [7, 11) is 3.50. The number of benzene rings is 1. The summed E-state index contributed by atoms with van der Waals surface area (Å²) in [6.07, 6.45) is 1.85. The summed E-state index contributed by atoms with van der Waals surface area (Å²) < 4.78 is 7.56. The van der Waals surface area contributed by atoms with Crippen LogP contribution in [-0.2, 0) is 16.6 Å². The number of hydrogen-bond acceptors (Lipinski definition) is 3. The number of nitrogens with zero attached hydrogens (tertiary/aromatic N) is 2. The zero-order chi connectivity index (χ0) is 16.6. The van der Waals surface area contributed by atoms with E-state index in [9.17, 15) is 9.59 Å². The molecule has 0 aliphatic carbocycles. The van der Waals surface area contributed by atoms with Gasteiger partial charge in [0.05, 0.1) is 18.7 Å². The number of fused-ring (bicyclic) bond motifs is 1. The van der Waals surface area contributed by atoms with Gasteiger partial charge in [-0.25, -0.2) is 0 Å². The zero-order valence-electron chi connectivity index (χ0n) is 13.6. The number of rotatable bonds is 2. The number of carbonyl (C=O) groups is 2. The lowest BCUT2D eigenvalue weighted by molar-refractivity contribution is -0.153. The Morgan fingerprint density at radius 3 is 2.78 bits per heavy atom. The van der Waals surface area contributed by atoms with Crippen molar-refractivity contribution >= 4 is 22.7 Å². The van der Waals surface area contributed by atoms with Crippen LogP contribution in [0.5, 0.6) is 0 Å². The van der Waals surface area contributed by atoms with Gasteiger partial charge < -0.3 is 19.5 Å². The fourth-order valence-electron chi connectivity index (χ4n) is 3.13.